The van der Waals surface area contributed by atoms with Gasteiger partial charge in [0.05, 0.1) is 0 Å². The van der Waals surface area contributed by atoms with E-state index in [0.717, 1.165) is 12.8 Å². The maximum atomic E-state index is 11.9. The van der Waals surface area contributed by atoms with E-state index in [-0.39, 0.29) is 11.9 Å². The predicted octanol–water partition coefficient (Wildman–Crippen LogP) is 2.35. The Labute approximate surface area is 113 Å². The monoisotopic (exact) mass is 257 g/mol. The Balaban J connectivity index is 1.81. The Bertz CT molecular complexity index is 533. The van der Waals surface area contributed by atoms with Crippen molar-refractivity contribution in [1.29, 1.82) is 0 Å². The number of anilines is 1. The van der Waals surface area contributed by atoms with Gasteiger partial charge in [-0.15, -0.1) is 0 Å². The van der Waals surface area contributed by atoms with Gasteiger partial charge in [-0.3, -0.25) is 4.79 Å². The van der Waals surface area contributed by atoms with E-state index in [1.54, 1.807) is 12.3 Å². The van der Waals surface area contributed by atoms with E-state index in [9.17, 15) is 4.79 Å². The molecule has 0 spiro atoms. The first-order valence-electron chi connectivity index (χ1n) is 6.44. The zero-order chi connectivity index (χ0) is 13.7. The van der Waals surface area contributed by atoms with Gasteiger partial charge in [-0.05, 0) is 31.4 Å². The van der Waals surface area contributed by atoms with Crippen LogP contribution in [0, 0.1) is 0 Å². The van der Waals surface area contributed by atoms with Gasteiger partial charge in [0.15, 0.2) is 0 Å². The van der Waals surface area contributed by atoms with Crippen molar-refractivity contribution in [3.05, 3.63) is 53.9 Å². The molecule has 1 unspecified atom stereocenters. The first kappa shape index (κ1) is 13.2. The molecule has 1 amide bonds. The van der Waals surface area contributed by atoms with E-state index in [0.29, 0.717) is 11.4 Å². The van der Waals surface area contributed by atoms with Crippen LogP contribution in [0.5, 0.6) is 0 Å². The second kappa shape index (κ2) is 6.09. The number of rotatable bonds is 5. The molecule has 4 nitrogen and oxygen atoms in total. The van der Waals surface area contributed by atoms with Crippen molar-refractivity contribution in [3.8, 4) is 0 Å². The molecule has 0 fully saturated rings. The second-order valence-electron chi connectivity index (χ2n) is 4.75. The van der Waals surface area contributed by atoms with Gasteiger partial charge in [0.25, 0.3) is 5.91 Å². The van der Waals surface area contributed by atoms with Gasteiger partial charge >= 0.3 is 0 Å². The zero-order valence-corrected chi connectivity index (χ0v) is 11.0. The molecule has 0 aliphatic carbocycles. The molecule has 1 atom stereocenters. The number of aromatic amines is 1. The number of nitrogens with two attached hydrogens (primary N) is 1. The van der Waals surface area contributed by atoms with Gasteiger partial charge in [-0.2, -0.15) is 0 Å². The van der Waals surface area contributed by atoms with Gasteiger partial charge in [0.1, 0.15) is 5.69 Å². The van der Waals surface area contributed by atoms with Crippen LogP contribution in [0.1, 0.15) is 29.4 Å². The number of carbonyl (C=O) groups excluding carboxylic acids is 1. The highest BCUT2D eigenvalue weighted by atomic mass is 16.1. The third-order valence-corrected chi connectivity index (χ3v) is 3.04. The van der Waals surface area contributed by atoms with E-state index in [1.165, 1.54) is 5.56 Å². The van der Waals surface area contributed by atoms with Crippen LogP contribution in [0.2, 0.25) is 0 Å². The van der Waals surface area contributed by atoms with Gasteiger partial charge in [-0.1, -0.05) is 30.3 Å². The molecule has 1 heterocycles. The van der Waals surface area contributed by atoms with Crippen molar-refractivity contribution in [1.82, 2.24) is 10.3 Å². The van der Waals surface area contributed by atoms with Crippen LogP contribution >= 0.6 is 0 Å². The molecular weight excluding hydrogens is 238 g/mol. The van der Waals surface area contributed by atoms with Crippen LogP contribution in [0.25, 0.3) is 0 Å². The maximum absolute atomic E-state index is 11.9. The summed E-state index contributed by atoms with van der Waals surface area (Å²) in [6, 6.07) is 12.0. The summed E-state index contributed by atoms with van der Waals surface area (Å²) in [7, 11) is 0. The number of carbonyl (C=O) groups is 1. The Morgan fingerprint density at radius 1 is 1.37 bits per heavy atom. The maximum Gasteiger partial charge on any atom is 0.267 e. The number of hydrogen-bond donors (Lipinski definition) is 3. The van der Waals surface area contributed by atoms with E-state index in [1.807, 2.05) is 25.1 Å². The fourth-order valence-corrected chi connectivity index (χ4v) is 1.94. The molecule has 0 saturated carbocycles. The number of hydrogen-bond acceptors (Lipinski definition) is 2. The molecule has 0 aliphatic rings. The lowest BCUT2D eigenvalue weighted by Gasteiger charge is -2.13. The van der Waals surface area contributed by atoms with Crippen molar-refractivity contribution in [2.24, 2.45) is 0 Å². The number of amides is 1. The molecule has 0 radical (unpaired) electrons. The summed E-state index contributed by atoms with van der Waals surface area (Å²) in [5.74, 6) is -0.114. The Hall–Kier alpha value is -2.23. The second-order valence-corrected chi connectivity index (χ2v) is 4.75. The van der Waals surface area contributed by atoms with Crippen molar-refractivity contribution in [2.45, 2.75) is 25.8 Å². The number of H-pyrrole nitrogens is 1. The van der Waals surface area contributed by atoms with E-state index in [4.69, 9.17) is 5.73 Å². The van der Waals surface area contributed by atoms with Crippen LogP contribution < -0.4 is 11.1 Å². The van der Waals surface area contributed by atoms with Gasteiger partial charge in [-0.25, -0.2) is 0 Å². The Kier molecular flexibility index (Phi) is 4.23. The Morgan fingerprint density at radius 3 is 2.74 bits per heavy atom. The molecule has 2 rings (SSSR count). The van der Waals surface area contributed by atoms with Crippen LogP contribution in [-0.2, 0) is 6.42 Å². The molecule has 1 aromatic carbocycles. The van der Waals surface area contributed by atoms with E-state index < -0.39 is 0 Å². The molecule has 4 heteroatoms. The fourth-order valence-electron chi connectivity index (χ4n) is 1.94. The molecule has 1 aromatic heterocycles. The SMILES string of the molecule is CC(CCc1ccccc1)NC(=O)c1cc(N)c[nH]1. The van der Waals surface area contributed by atoms with Gasteiger partial charge in [0.2, 0.25) is 0 Å². The smallest absolute Gasteiger partial charge is 0.267 e. The van der Waals surface area contributed by atoms with Gasteiger partial charge in [0, 0.05) is 17.9 Å². The molecule has 0 saturated heterocycles. The largest absolute Gasteiger partial charge is 0.397 e. The first-order valence-corrected chi connectivity index (χ1v) is 6.44. The third kappa shape index (κ3) is 3.88. The number of nitrogens with one attached hydrogen (secondary N) is 2. The molecular formula is C15H19N3O. The lowest BCUT2D eigenvalue weighted by Crippen LogP contribution is -2.33. The van der Waals surface area contributed by atoms with Crippen molar-refractivity contribution in [2.75, 3.05) is 5.73 Å². The summed E-state index contributed by atoms with van der Waals surface area (Å²) in [6.07, 6.45) is 3.48. The highest BCUT2D eigenvalue weighted by Gasteiger charge is 2.11. The quantitative estimate of drug-likeness (QED) is 0.769. The molecule has 100 valence electrons. The average Bonchev–Trinajstić information content (AvgIpc) is 2.84. The average molecular weight is 257 g/mol. The highest BCUT2D eigenvalue weighted by Crippen LogP contribution is 2.07. The summed E-state index contributed by atoms with van der Waals surface area (Å²) in [5, 5.41) is 2.95. The molecule has 0 aliphatic heterocycles. The number of aromatic nitrogens is 1. The van der Waals surface area contributed by atoms with Crippen LogP contribution in [0.3, 0.4) is 0 Å². The third-order valence-electron chi connectivity index (χ3n) is 3.04. The van der Waals surface area contributed by atoms with E-state index in [2.05, 4.69) is 22.4 Å². The zero-order valence-electron chi connectivity index (χ0n) is 11.0. The number of benzene rings is 1. The summed E-state index contributed by atoms with van der Waals surface area (Å²) in [6.45, 7) is 2.01. The summed E-state index contributed by atoms with van der Waals surface area (Å²) in [5.41, 5.74) is 7.93. The molecule has 0 bridgehead atoms. The minimum absolute atomic E-state index is 0.114. The molecule has 4 N–H and O–H groups in total. The minimum Gasteiger partial charge on any atom is -0.397 e. The standard InChI is InChI=1S/C15H19N3O/c1-11(7-8-12-5-3-2-4-6-12)18-15(19)14-9-13(16)10-17-14/h2-6,9-11,17H,7-8,16H2,1H3,(H,18,19). The lowest BCUT2D eigenvalue weighted by atomic mass is 10.1. The number of nitrogen functional groups attached to an aromatic ring is 1. The summed E-state index contributed by atoms with van der Waals surface area (Å²) >= 11 is 0. The van der Waals surface area contributed by atoms with Crippen molar-refractivity contribution >= 4 is 11.6 Å². The lowest BCUT2D eigenvalue weighted by molar-refractivity contribution is 0.0934. The topological polar surface area (TPSA) is 70.9 Å². The summed E-state index contributed by atoms with van der Waals surface area (Å²) in [4.78, 5) is 14.7. The van der Waals surface area contributed by atoms with Gasteiger partial charge < -0.3 is 16.0 Å². The van der Waals surface area contributed by atoms with E-state index >= 15 is 0 Å². The fraction of sp³-hybridized carbons (Fsp3) is 0.267. The highest BCUT2D eigenvalue weighted by molar-refractivity contribution is 5.93. The van der Waals surface area contributed by atoms with Crippen molar-refractivity contribution < 1.29 is 4.79 Å². The van der Waals surface area contributed by atoms with Crippen LogP contribution in [-0.4, -0.2) is 16.9 Å². The van der Waals surface area contributed by atoms with Crippen molar-refractivity contribution in [3.63, 3.8) is 0 Å². The minimum atomic E-state index is -0.114. The molecule has 19 heavy (non-hydrogen) atoms. The first-order chi connectivity index (χ1) is 9.15. The predicted molar refractivity (Wildman–Crippen MR) is 76.9 cm³/mol. The van der Waals surface area contributed by atoms with Crippen LogP contribution in [0.4, 0.5) is 5.69 Å². The Morgan fingerprint density at radius 2 is 2.11 bits per heavy atom. The number of aryl methyl sites for hydroxylation is 1. The molecule has 2 aromatic rings. The normalized spacial score (nSPS) is 12.1. The van der Waals surface area contributed by atoms with Crippen LogP contribution in [0.15, 0.2) is 42.6 Å². The summed E-state index contributed by atoms with van der Waals surface area (Å²) < 4.78 is 0.